The molecule has 0 radical (unpaired) electrons. The Labute approximate surface area is 148 Å². The molecule has 1 aliphatic heterocycles. The first-order valence-corrected chi connectivity index (χ1v) is 8.23. The second-order valence-electron chi connectivity index (χ2n) is 5.73. The van der Waals surface area contributed by atoms with Crippen LogP contribution in [0.2, 0.25) is 5.02 Å². The summed E-state index contributed by atoms with van der Waals surface area (Å²) in [5.74, 6) is -0.315. The van der Waals surface area contributed by atoms with E-state index >= 15 is 0 Å². The molecule has 0 spiro atoms. The summed E-state index contributed by atoms with van der Waals surface area (Å²) in [6.07, 6.45) is 2.50. The molecule has 2 heterocycles. The molecule has 2 amide bonds. The minimum Gasteiger partial charge on any atom is -0.465 e. The Morgan fingerprint density at radius 1 is 1.36 bits per heavy atom. The highest BCUT2D eigenvalue weighted by molar-refractivity contribution is 6.30. The highest BCUT2D eigenvalue weighted by Gasteiger charge is 2.31. The van der Waals surface area contributed by atoms with Crippen LogP contribution in [0.25, 0.3) is 5.69 Å². The van der Waals surface area contributed by atoms with Crippen LogP contribution < -0.4 is 5.32 Å². The Balaban J connectivity index is 1.74. The summed E-state index contributed by atoms with van der Waals surface area (Å²) in [7, 11) is 0. The molecule has 10 heteroatoms. The van der Waals surface area contributed by atoms with Gasteiger partial charge in [0, 0.05) is 18.1 Å². The summed E-state index contributed by atoms with van der Waals surface area (Å²) < 4.78 is 1.47. The van der Waals surface area contributed by atoms with Crippen LogP contribution in [0.4, 0.5) is 4.79 Å². The predicted molar refractivity (Wildman–Crippen MR) is 88.4 cm³/mol. The third-order valence-electron chi connectivity index (χ3n) is 4.14. The van der Waals surface area contributed by atoms with E-state index in [1.807, 2.05) is 0 Å². The third-order valence-corrected chi connectivity index (χ3v) is 4.38. The normalized spacial score (nSPS) is 17.3. The standard InChI is InChI=1S/C15H17ClN6O3/c16-11-4-5-12(22-9-18-19-20-22)10(7-11)8-17-14(23)13-3-1-2-6-21(13)15(24)25/h4-5,7,9,13H,1-3,6,8H2,(H,17,23)(H,24,25)/t13-/m0/s1. The van der Waals surface area contributed by atoms with Gasteiger partial charge in [-0.1, -0.05) is 11.6 Å². The van der Waals surface area contributed by atoms with Gasteiger partial charge in [-0.3, -0.25) is 9.69 Å². The molecule has 1 aromatic carbocycles. The Morgan fingerprint density at radius 2 is 2.20 bits per heavy atom. The summed E-state index contributed by atoms with van der Waals surface area (Å²) in [5.41, 5.74) is 1.42. The van der Waals surface area contributed by atoms with Gasteiger partial charge in [-0.15, -0.1) is 5.10 Å². The van der Waals surface area contributed by atoms with Crippen LogP contribution in [-0.4, -0.2) is 54.8 Å². The van der Waals surface area contributed by atoms with Crippen molar-refractivity contribution in [1.29, 1.82) is 0 Å². The Kier molecular flexibility index (Phi) is 5.13. The van der Waals surface area contributed by atoms with Gasteiger partial charge in [-0.05, 0) is 53.5 Å². The van der Waals surface area contributed by atoms with Crippen molar-refractivity contribution in [2.24, 2.45) is 0 Å². The van der Waals surface area contributed by atoms with E-state index in [0.29, 0.717) is 23.7 Å². The van der Waals surface area contributed by atoms with Crippen LogP contribution in [0.1, 0.15) is 24.8 Å². The first-order chi connectivity index (χ1) is 12.1. The van der Waals surface area contributed by atoms with E-state index < -0.39 is 12.1 Å². The van der Waals surface area contributed by atoms with Gasteiger partial charge in [0.05, 0.1) is 5.69 Å². The zero-order valence-electron chi connectivity index (χ0n) is 13.3. The Bertz CT molecular complexity index is 767. The number of aromatic nitrogens is 4. The molecule has 9 nitrogen and oxygen atoms in total. The summed E-state index contributed by atoms with van der Waals surface area (Å²) >= 11 is 6.05. The van der Waals surface area contributed by atoms with E-state index in [2.05, 4.69) is 20.8 Å². The zero-order chi connectivity index (χ0) is 17.8. The molecular formula is C15H17ClN6O3. The summed E-state index contributed by atoms with van der Waals surface area (Å²) in [6.45, 7) is 0.568. The average Bonchev–Trinajstić information content (AvgIpc) is 3.14. The molecule has 2 aromatic rings. The molecule has 1 aromatic heterocycles. The van der Waals surface area contributed by atoms with Crippen molar-refractivity contribution in [3.05, 3.63) is 35.1 Å². The fourth-order valence-electron chi connectivity index (χ4n) is 2.92. The van der Waals surface area contributed by atoms with Gasteiger partial charge in [-0.25, -0.2) is 9.48 Å². The van der Waals surface area contributed by atoms with E-state index in [1.54, 1.807) is 18.2 Å². The lowest BCUT2D eigenvalue weighted by Crippen LogP contribution is -2.51. The quantitative estimate of drug-likeness (QED) is 0.849. The van der Waals surface area contributed by atoms with Gasteiger partial charge in [0.25, 0.3) is 0 Å². The largest absolute Gasteiger partial charge is 0.465 e. The molecule has 2 N–H and O–H groups in total. The van der Waals surface area contributed by atoms with Gasteiger partial charge in [0.1, 0.15) is 12.4 Å². The summed E-state index contributed by atoms with van der Waals surface area (Å²) in [6, 6.07) is 4.51. The lowest BCUT2D eigenvalue weighted by molar-refractivity contribution is -0.127. The van der Waals surface area contributed by atoms with Crippen molar-refractivity contribution in [2.75, 3.05) is 6.54 Å². The van der Waals surface area contributed by atoms with Gasteiger partial charge in [0.15, 0.2) is 0 Å². The number of carboxylic acid groups (broad SMARTS) is 1. The van der Waals surface area contributed by atoms with E-state index in [0.717, 1.165) is 18.4 Å². The number of likely N-dealkylation sites (tertiary alicyclic amines) is 1. The third kappa shape index (κ3) is 3.87. The molecule has 1 fully saturated rings. The predicted octanol–water partition coefficient (Wildman–Crippen LogP) is 1.46. The molecule has 3 rings (SSSR count). The van der Waals surface area contributed by atoms with Gasteiger partial charge < -0.3 is 10.4 Å². The molecule has 1 saturated heterocycles. The number of amides is 2. The van der Waals surface area contributed by atoms with E-state index in [-0.39, 0.29) is 12.5 Å². The molecule has 0 unspecified atom stereocenters. The second kappa shape index (κ2) is 7.47. The molecule has 0 bridgehead atoms. The number of tetrazole rings is 1. The lowest BCUT2D eigenvalue weighted by Gasteiger charge is -2.32. The minimum atomic E-state index is -1.07. The van der Waals surface area contributed by atoms with Crippen LogP contribution in [-0.2, 0) is 11.3 Å². The lowest BCUT2D eigenvalue weighted by atomic mass is 10.0. The zero-order valence-corrected chi connectivity index (χ0v) is 14.1. The number of nitrogens with one attached hydrogen (secondary N) is 1. The van der Waals surface area contributed by atoms with Crippen molar-refractivity contribution in [3.63, 3.8) is 0 Å². The molecular weight excluding hydrogens is 348 g/mol. The second-order valence-corrected chi connectivity index (χ2v) is 6.17. The number of hydrogen-bond acceptors (Lipinski definition) is 5. The van der Waals surface area contributed by atoms with Crippen molar-refractivity contribution in [3.8, 4) is 5.69 Å². The van der Waals surface area contributed by atoms with Crippen molar-refractivity contribution in [2.45, 2.75) is 31.8 Å². The first kappa shape index (κ1) is 17.2. The van der Waals surface area contributed by atoms with Gasteiger partial charge in [0.2, 0.25) is 5.91 Å². The number of benzene rings is 1. The fourth-order valence-corrected chi connectivity index (χ4v) is 3.12. The highest BCUT2D eigenvalue weighted by Crippen LogP contribution is 2.20. The van der Waals surface area contributed by atoms with E-state index in [1.165, 1.54) is 15.9 Å². The molecule has 1 atom stereocenters. The van der Waals surface area contributed by atoms with Crippen LogP contribution >= 0.6 is 11.6 Å². The monoisotopic (exact) mass is 364 g/mol. The van der Waals surface area contributed by atoms with Gasteiger partial charge in [-0.2, -0.15) is 0 Å². The summed E-state index contributed by atoms with van der Waals surface area (Å²) in [4.78, 5) is 25.0. The van der Waals surface area contributed by atoms with Crippen LogP contribution in [0.15, 0.2) is 24.5 Å². The number of rotatable bonds is 4. The van der Waals surface area contributed by atoms with Crippen molar-refractivity contribution < 1.29 is 14.7 Å². The highest BCUT2D eigenvalue weighted by atomic mass is 35.5. The smallest absolute Gasteiger partial charge is 0.407 e. The number of piperidine rings is 1. The summed E-state index contributed by atoms with van der Waals surface area (Å²) in [5, 5.41) is 23.6. The molecule has 0 saturated carbocycles. The van der Waals surface area contributed by atoms with Crippen LogP contribution in [0.5, 0.6) is 0 Å². The maximum absolute atomic E-state index is 12.5. The van der Waals surface area contributed by atoms with Crippen molar-refractivity contribution >= 4 is 23.6 Å². The Morgan fingerprint density at radius 3 is 2.92 bits per heavy atom. The van der Waals surface area contributed by atoms with E-state index in [4.69, 9.17) is 11.6 Å². The Hall–Kier alpha value is -2.68. The molecule has 25 heavy (non-hydrogen) atoms. The number of hydrogen-bond donors (Lipinski definition) is 2. The molecule has 1 aliphatic rings. The first-order valence-electron chi connectivity index (χ1n) is 7.85. The SMILES string of the molecule is O=C(NCc1cc(Cl)ccc1-n1cnnn1)[C@@H]1CCCCN1C(=O)O. The van der Waals surface area contributed by atoms with E-state index in [9.17, 15) is 14.7 Å². The number of carbonyl (C=O) groups is 2. The topological polar surface area (TPSA) is 113 Å². The average molecular weight is 365 g/mol. The maximum atomic E-state index is 12.5. The molecule has 0 aliphatic carbocycles. The van der Waals surface area contributed by atoms with Gasteiger partial charge >= 0.3 is 6.09 Å². The van der Waals surface area contributed by atoms with Crippen LogP contribution in [0, 0.1) is 0 Å². The van der Waals surface area contributed by atoms with Crippen LogP contribution in [0.3, 0.4) is 0 Å². The maximum Gasteiger partial charge on any atom is 0.407 e. The van der Waals surface area contributed by atoms with Crippen molar-refractivity contribution in [1.82, 2.24) is 30.4 Å². The number of halogens is 1. The number of carbonyl (C=O) groups excluding carboxylic acids is 1. The minimum absolute atomic E-state index is 0.193. The fraction of sp³-hybridized carbons (Fsp3) is 0.400. The molecule has 132 valence electrons. The number of nitrogens with zero attached hydrogens (tertiary/aromatic N) is 5.